The number of hydrogen-bond donors (Lipinski definition) is 0. The SMILES string of the molecule is CC(C)n1cc[n+](C[n+]2ccn(C(C)C)c2-c2ccccc2)c1-c1ccccc1. The van der Waals surface area contributed by atoms with Gasteiger partial charge in [0, 0.05) is 0 Å². The maximum absolute atomic E-state index is 2.34. The van der Waals surface area contributed by atoms with Gasteiger partial charge in [-0.2, -0.15) is 9.13 Å². The normalized spacial score (nSPS) is 11.5. The molecule has 0 N–H and O–H groups in total. The number of nitrogens with zero attached hydrogens (tertiary/aromatic N) is 4. The van der Waals surface area contributed by atoms with Crippen molar-refractivity contribution in [1.82, 2.24) is 9.13 Å². The average molecular weight is 387 g/mol. The topological polar surface area (TPSA) is 17.6 Å². The first kappa shape index (κ1) is 19.2. The van der Waals surface area contributed by atoms with Crippen molar-refractivity contribution in [2.75, 3.05) is 0 Å². The van der Waals surface area contributed by atoms with Gasteiger partial charge in [-0.15, -0.1) is 0 Å². The van der Waals surface area contributed by atoms with Gasteiger partial charge in [-0.3, -0.25) is 0 Å². The molecule has 0 aliphatic rings. The third-order valence-electron chi connectivity index (χ3n) is 5.33. The van der Waals surface area contributed by atoms with Gasteiger partial charge in [0.15, 0.2) is 0 Å². The van der Waals surface area contributed by atoms with E-state index < -0.39 is 0 Å². The molecular formula is C25H30N4+2. The van der Waals surface area contributed by atoms with Gasteiger partial charge in [0.25, 0.3) is 11.6 Å². The summed E-state index contributed by atoms with van der Waals surface area (Å²) in [5.74, 6) is 2.45. The van der Waals surface area contributed by atoms with Crippen LogP contribution in [0.5, 0.6) is 0 Å². The van der Waals surface area contributed by atoms with Gasteiger partial charge in [-0.25, -0.2) is 9.13 Å². The summed E-state index contributed by atoms with van der Waals surface area (Å²) in [6.45, 7) is 9.68. The molecule has 2 aromatic carbocycles. The molecule has 0 aliphatic carbocycles. The van der Waals surface area contributed by atoms with Crippen LogP contribution in [0, 0.1) is 0 Å². The van der Waals surface area contributed by atoms with Crippen molar-refractivity contribution in [3.05, 3.63) is 85.5 Å². The molecule has 0 amide bonds. The maximum Gasteiger partial charge on any atom is 0.292 e. The highest BCUT2D eigenvalue weighted by molar-refractivity contribution is 5.53. The lowest BCUT2D eigenvalue weighted by Crippen LogP contribution is -2.52. The van der Waals surface area contributed by atoms with Gasteiger partial charge in [0.2, 0.25) is 6.67 Å². The van der Waals surface area contributed by atoms with E-state index in [0.29, 0.717) is 12.1 Å². The minimum atomic E-state index is 0.394. The van der Waals surface area contributed by atoms with Crippen molar-refractivity contribution in [1.29, 1.82) is 0 Å². The molecule has 4 rings (SSSR count). The van der Waals surface area contributed by atoms with Crippen LogP contribution in [0.2, 0.25) is 0 Å². The van der Waals surface area contributed by atoms with Gasteiger partial charge >= 0.3 is 0 Å². The van der Waals surface area contributed by atoms with Gasteiger partial charge in [0.1, 0.15) is 24.8 Å². The molecule has 0 fully saturated rings. The lowest BCUT2D eigenvalue weighted by Gasteiger charge is -2.09. The average Bonchev–Trinajstić information content (AvgIpc) is 3.34. The van der Waals surface area contributed by atoms with Crippen LogP contribution in [0.15, 0.2) is 85.5 Å². The zero-order chi connectivity index (χ0) is 20.4. The molecule has 0 aliphatic heterocycles. The van der Waals surface area contributed by atoms with E-state index in [1.807, 2.05) is 0 Å². The van der Waals surface area contributed by atoms with E-state index in [4.69, 9.17) is 0 Å². The summed E-state index contributed by atoms with van der Waals surface area (Å²) >= 11 is 0. The van der Waals surface area contributed by atoms with Crippen LogP contribution in [0.4, 0.5) is 0 Å². The van der Waals surface area contributed by atoms with Crippen molar-refractivity contribution in [3.8, 4) is 22.8 Å². The lowest BCUT2D eigenvalue weighted by atomic mass is 10.2. The van der Waals surface area contributed by atoms with Gasteiger partial charge in [-0.05, 0) is 52.0 Å². The number of imidazole rings is 2. The zero-order valence-electron chi connectivity index (χ0n) is 17.7. The Kier molecular flexibility index (Phi) is 5.34. The summed E-state index contributed by atoms with van der Waals surface area (Å²) in [5, 5.41) is 0. The molecule has 4 heteroatoms. The summed E-state index contributed by atoms with van der Waals surface area (Å²) in [6, 6.07) is 22.1. The molecule has 0 spiro atoms. The molecule has 0 bridgehead atoms. The Balaban J connectivity index is 1.82. The van der Waals surface area contributed by atoms with Gasteiger partial charge < -0.3 is 0 Å². The van der Waals surface area contributed by atoms with E-state index >= 15 is 0 Å². The fourth-order valence-corrected chi connectivity index (χ4v) is 3.91. The fraction of sp³-hybridized carbons (Fsp3) is 0.280. The molecule has 0 radical (unpaired) electrons. The number of benzene rings is 2. The van der Waals surface area contributed by atoms with Gasteiger partial charge in [-0.1, -0.05) is 36.4 Å². The zero-order valence-corrected chi connectivity index (χ0v) is 17.7. The fourth-order valence-electron chi connectivity index (χ4n) is 3.91. The maximum atomic E-state index is 2.34. The summed E-state index contributed by atoms with van der Waals surface area (Å²) < 4.78 is 9.37. The van der Waals surface area contributed by atoms with Crippen LogP contribution in [0.25, 0.3) is 22.8 Å². The van der Waals surface area contributed by atoms with Crippen molar-refractivity contribution in [2.45, 2.75) is 46.4 Å². The Morgan fingerprint density at radius 1 is 0.621 bits per heavy atom. The second-order valence-corrected chi connectivity index (χ2v) is 8.06. The largest absolute Gasteiger partial charge is 0.292 e. The second kappa shape index (κ2) is 8.08. The molecule has 4 aromatic rings. The third kappa shape index (κ3) is 3.75. The Morgan fingerprint density at radius 2 is 1.00 bits per heavy atom. The number of rotatable bonds is 6. The minimum absolute atomic E-state index is 0.394. The molecule has 2 heterocycles. The minimum Gasteiger partial charge on any atom is -0.228 e. The van der Waals surface area contributed by atoms with E-state index in [1.165, 1.54) is 22.8 Å². The Bertz CT molecular complexity index is 985. The van der Waals surface area contributed by atoms with Crippen LogP contribution in [0.3, 0.4) is 0 Å². The number of hydrogen-bond acceptors (Lipinski definition) is 0. The molecule has 148 valence electrons. The molecular weight excluding hydrogens is 356 g/mol. The highest BCUT2D eigenvalue weighted by Gasteiger charge is 2.26. The van der Waals surface area contributed by atoms with Crippen LogP contribution >= 0.6 is 0 Å². The first-order valence-electron chi connectivity index (χ1n) is 10.4. The van der Waals surface area contributed by atoms with E-state index in [9.17, 15) is 0 Å². The predicted molar refractivity (Wildman–Crippen MR) is 116 cm³/mol. The smallest absolute Gasteiger partial charge is 0.228 e. The van der Waals surface area contributed by atoms with E-state index in [2.05, 4.69) is 131 Å². The van der Waals surface area contributed by atoms with E-state index in [0.717, 1.165) is 6.67 Å². The molecule has 0 unspecified atom stereocenters. The standard InChI is InChI=1S/C25H30N4/c1-20(2)28-17-15-26(24(28)22-11-7-5-8-12-22)19-27-16-18-29(21(3)4)25(27)23-13-9-6-10-14-23/h5-18,20-21H,19H2,1-4H3/q+2. The predicted octanol–water partition coefficient (Wildman–Crippen LogP) is 4.87. The summed E-state index contributed by atoms with van der Waals surface area (Å²) in [5.41, 5.74) is 2.47. The number of aromatic nitrogens is 4. The van der Waals surface area contributed by atoms with Crippen LogP contribution in [-0.2, 0) is 6.67 Å². The Labute approximate surface area is 173 Å². The summed E-state index contributed by atoms with van der Waals surface area (Å²) in [6.07, 6.45) is 8.76. The Hall–Kier alpha value is -3.14. The Morgan fingerprint density at radius 3 is 1.34 bits per heavy atom. The third-order valence-corrected chi connectivity index (χ3v) is 5.33. The summed E-state index contributed by atoms with van der Waals surface area (Å²) in [4.78, 5) is 0. The molecule has 29 heavy (non-hydrogen) atoms. The van der Waals surface area contributed by atoms with Crippen molar-refractivity contribution in [3.63, 3.8) is 0 Å². The first-order valence-corrected chi connectivity index (χ1v) is 10.4. The molecule has 0 saturated carbocycles. The van der Waals surface area contributed by atoms with Crippen molar-refractivity contribution in [2.24, 2.45) is 0 Å². The van der Waals surface area contributed by atoms with Gasteiger partial charge in [0.05, 0.1) is 23.2 Å². The quantitative estimate of drug-likeness (QED) is 0.421. The van der Waals surface area contributed by atoms with Crippen LogP contribution < -0.4 is 9.13 Å². The second-order valence-electron chi connectivity index (χ2n) is 8.06. The van der Waals surface area contributed by atoms with E-state index in [-0.39, 0.29) is 0 Å². The van der Waals surface area contributed by atoms with E-state index in [1.54, 1.807) is 0 Å². The first-order chi connectivity index (χ1) is 14.1. The van der Waals surface area contributed by atoms with Crippen LogP contribution in [0.1, 0.15) is 39.8 Å². The highest BCUT2D eigenvalue weighted by Crippen LogP contribution is 2.21. The van der Waals surface area contributed by atoms with Crippen LogP contribution in [-0.4, -0.2) is 9.13 Å². The molecule has 2 aromatic heterocycles. The lowest BCUT2D eigenvalue weighted by molar-refractivity contribution is -0.902. The molecule has 0 saturated heterocycles. The molecule has 0 atom stereocenters. The summed E-state index contributed by atoms with van der Waals surface area (Å²) in [7, 11) is 0. The molecule has 4 nitrogen and oxygen atoms in total. The monoisotopic (exact) mass is 386 g/mol. The highest BCUT2D eigenvalue weighted by atomic mass is 15.3. The van der Waals surface area contributed by atoms with Crippen molar-refractivity contribution < 1.29 is 9.13 Å². The van der Waals surface area contributed by atoms with Crippen molar-refractivity contribution >= 4 is 0 Å².